The third kappa shape index (κ3) is 7.06. The van der Waals surface area contributed by atoms with E-state index in [4.69, 9.17) is 9.84 Å². The van der Waals surface area contributed by atoms with Crippen molar-refractivity contribution in [2.45, 2.75) is 16.8 Å². The molecule has 3 aromatic rings. The van der Waals surface area contributed by atoms with Crippen molar-refractivity contribution in [1.29, 1.82) is 0 Å². The van der Waals surface area contributed by atoms with Gasteiger partial charge in [-0.25, -0.2) is 14.8 Å². The first-order valence-electron chi connectivity index (χ1n) is 11.1. The van der Waals surface area contributed by atoms with Crippen molar-refractivity contribution in [3.05, 3.63) is 70.8 Å². The van der Waals surface area contributed by atoms with Crippen LogP contribution in [0.5, 0.6) is 0 Å². The molecule has 2 aromatic carbocycles. The minimum atomic E-state index is -1.21. The highest BCUT2D eigenvalue weighted by Crippen LogP contribution is 2.30. The van der Waals surface area contributed by atoms with Gasteiger partial charge in [0, 0.05) is 52.9 Å². The number of amides is 1. The van der Waals surface area contributed by atoms with E-state index in [1.54, 1.807) is 18.3 Å². The van der Waals surface area contributed by atoms with E-state index in [0.29, 0.717) is 11.6 Å². The van der Waals surface area contributed by atoms with Crippen LogP contribution in [0.25, 0.3) is 0 Å². The van der Waals surface area contributed by atoms with Gasteiger partial charge in [-0.2, -0.15) is 0 Å². The first-order valence-corrected chi connectivity index (χ1v) is 12.7. The molecule has 1 aliphatic heterocycles. The number of nitrogens with one attached hydrogen (secondary N) is 2. The molecule has 0 bridgehead atoms. The number of hydrogen-bond acceptors (Lipinski definition) is 8. The quantitative estimate of drug-likeness (QED) is 0.259. The van der Waals surface area contributed by atoms with Gasteiger partial charge in [0.05, 0.1) is 17.7 Å². The number of anilines is 4. The molecule has 186 valence electrons. The molecule has 0 atom stereocenters. The summed E-state index contributed by atoms with van der Waals surface area (Å²) >= 11 is 4.44. The average molecular weight is 570 g/mol. The number of nitrogens with zero attached hydrogens (tertiary/aromatic N) is 3. The number of aryl methyl sites for hydroxylation is 1. The summed E-state index contributed by atoms with van der Waals surface area (Å²) in [6.45, 7) is 5.22. The summed E-state index contributed by atoms with van der Waals surface area (Å²) < 4.78 is 5.35. The Kier molecular flexibility index (Phi) is 8.57. The van der Waals surface area contributed by atoms with Crippen molar-refractivity contribution in [3.63, 3.8) is 0 Å². The normalized spacial score (nSPS) is 13.8. The summed E-state index contributed by atoms with van der Waals surface area (Å²) in [5, 5.41) is 15.5. The fraction of sp³-hybridized carbons (Fsp3) is 0.200. The number of aliphatic carboxylic acids is 1. The molecule has 3 N–H and O–H groups in total. The molecular weight excluding hydrogens is 546 g/mol. The molecule has 36 heavy (non-hydrogen) atoms. The molecule has 1 aromatic heterocycles. The van der Waals surface area contributed by atoms with Crippen molar-refractivity contribution in [2.24, 2.45) is 0 Å². The number of hydrogen-bond donors (Lipinski definition) is 3. The van der Waals surface area contributed by atoms with Crippen molar-refractivity contribution in [1.82, 2.24) is 9.97 Å². The van der Waals surface area contributed by atoms with E-state index in [2.05, 4.69) is 53.6 Å². The lowest BCUT2D eigenvalue weighted by Gasteiger charge is -2.28. The summed E-state index contributed by atoms with van der Waals surface area (Å²) in [6, 6.07) is 15.4. The van der Waals surface area contributed by atoms with Crippen LogP contribution in [-0.4, -0.2) is 53.3 Å². The monoisotopic (exact) mass is 569 g/mol. The highest BCUT2D eigenvalue weighted by Gasteiger charge is 2.12. The second-order valence-electron chi connectivity index (χ2n) is 7.86. The van der Waals surface area contributed by atoms with E-state index in [1.165, 1.54) is 11.8 Å². The molecule has 9 nitrogen and oxygen atoms in total. The van der Waals surface area contributed by atoms with Gasteiger partial charge in [0.15, 0.2) is 0 Å². The number of aromatic nitrogens is 2. The van der Waals surface area contributed by atoms with Crippen molar-refractivity contribution in [3.8, 4) is 0 Å². The Hall–Kier alpha value is -3.41. The standard InChI is InChI=1S/C25H24BrN5O4S/c1-16-15-27-25(29-18-2-6-19(7-3-18)31-10-12-35-13-11-31)30-24(16)36-20-8-4-17(5-9-20)28-23(34)21(26)14-22(32)33/h2-9,14-15H,10-13H2,1H3,(H,28,34)(H,32,33)(H,27,29,30). The zero-order chi connectivity index (χ0) is 25.5. The Labute approximate surface area is 221 Å². The van der Waals surface area contributed by atoms with Gasteiger partial charge in [-0.1, -0.05) is 11.8 Å². The molecule has 1 amide bonds. The first kappa shape index (κ1) is 25.7. The molecule has 0 saturated carbocycles. The molecule has 11 heteroatoms. The van der Waals surface area contributed by atoms with Gasteiger partial charge in [-0.05, 0) is 71.4 Å². The van der Waals surface area contributed by atoms with E-state index in [9.17, 15) is 9.59 Å². The predicted molar refractivity (Wildman–Crippen MR) is 143 cm³/mol. The van der Waals surface area contributed by atoms with Crippen LogP contribution in [0, 0.1) is 6.92 Å². The van der Waals surface area contributed by atoms with Crippen LogP contribution in [0.3, 0.4) is 0 Å². The number of benzene rings is 2. The summed E-state index contributed by atoms with van der Waals surface area (Å²) in [6.07, 6.45) is 2.57. The summed E-state index contributed by atoms with van der Waals surface area (Å²) in [5.74, 6) is -1.25. The minimum Gasteiger partial charge on any atom is -0.478 e. The lowest BCUT2D eigenvalue weighted by Crippen LogP contribution is -2.36. The van der Waals surface area contributed by atoms with E-state index in [-0.39, 0.29) is 4.48 Å². The first-order chi connectivity index (χ1) is 17.4. The average Bonchev–Trinajstić information content (AvgIpc) is 2.88. The Morgan fingerprint density at radius 1 is 1.08 bits per heavy atom. The molecule has 4 rings (SSSR count). The fourth-order valence-corrected chi connectivity index (χ4v) is 4.52. The topological polar surface area (TPSA) is 117 Å². The maximum absolute atomic E-state index is 12.0. The Morgan fingerprint density at radius 2 is 1.75 bits per heavy atom. The Balaban J connectivity index is 1.39. The smallest absolute Gasteiger partial charge is 0.329 e. The van der Waals surface area contributed by atoms with Crippen LogP contribution < -0.4 is 15.5 Å². The molecule has 1 aliphatic rings. The zero-order valence-corrected chi connectivity index (χ0v) is 21.8. The largest absolute Gasteiger partial charge is 0.478 e. The predicted octanol–water partition coefficient (Wildman–Crippen LogP) is 4.82. The van der Waals surface area contributed by atoms with Gasteiger partial charge in [-0.3, -0.25) is 4.79 Å². The summed E-state index contributed by atoms with van der Waals surface area (Å²) in [7, 11) is 0. The molecule has 1 fully saturated rings. The maximum atomic E-state index is 12.0. The number of carbonyl (C=O) groups excluding carboxylic acids is 1. The number of carboxylic acid groups (broad SMARTS) is 1. The van der Waals surface area contributed by atoms with Crippen molar-refractivity contribution >= 4 is 62.6 Å². The van der Waals surface area contributed by atoms with Gasteiger partial charge in [0.25, 0.3) is 5.91 Å². The van der Waals surface area contributed by atoms with Gasteiger partial charge < -0.3 is 25.4 Å². The van der Waals surface area contributed by atoms with Crippen molar-refractivity contribution < 1.29 is 19.4 Å². The SMILES string of the molecule is Cc1cnc(Nc2ccc(N3CCOCC3)cc2)nc1Sc1ccc(NC(=O)C(Br)=CC(=O)O)cc1. The van der Waals surface area contributed by atoms with E-state index < -0.39 is 11.9 Å². The lowest BCUT2D eigenvalue weighted by atomic mass is 10.2. The lowest BCUT2D eigenvalue weighted by molar-refractivity contribution is -0.131. The minimum absolute atomic E-state index is 0.0687. The van der Waals surface area contributed by atoms with E-state index in [0.717, 1.165) is 59.2 Å². The van der Waals surface area contributed by atoms with Gasteiger partial charge in [0.1, 0.15) is 5.03 Å². The van der Waals surface area contributed by atoms with Crippen LogP contribution in [0.4, 0.5) is 23.0 Å². The molecule has 0 spiro atoms. The number of halogens is 1. The highest BCUT2D eigenvalue weighted by molar-refractivity contribution is 9.12. The van der Waals surface area contributed by atoms with E-state index >= 15 is 0 Å². The second-order valence-corrected chi connectivity index (χ2v) is 9.78. The molecular formula is C25H24BrN5O4S. The van der Waals surface area contributed by atoms with Gasteiger partial charge in [0.2, 0.25) is 5.95 Å². The van der Waals surface area contributed by atoms with Crippen LogP contribution in [0.1, 0.15) is 5.56 Å². The van der Waals surface area contributed by atoms with Crippen LogP contribution in [0.15, 0.2) is 75.2 Å². The third-order valence-electron chi connectivity index (χ3n) is 5.22. The van der Waals surface area contributed by atoms with Crippen LogP contribution >= 0.6 is 27.7 Å². The maximum Gasteiger partial charge on any atom is 0.329 e. The number of carbonyl (C=O) groups is 2. The molecule has 0 radical (unpaired) electrons. The molecule has 0 unspecified atom stereocenters. The zero-order valence-electron chi connectivity index (χ0n) is 19.4. The number of rotatable bonds is 8. The van der Waals surface area contributed by atoms with E-state index in [1.807, 2.05) is 31.2 Å². The third-order valence-corrected chi connectivity index (χ3v) is 6.92. The summed E-state index contributed by atoms with van der Waals surface area (Å²) in [5.41, 5.74) is 3.54. The molecule has 1 saturated heterocycles. The van der Waals surface area contributed by atoms with Crippen LogP contribution in [-0.2, 0) is 14.3 Å². The van der Waals surface area contributed by atoms with Crippen LogP contribution in [0.2, 0.25) is 0 Å². The summed E-state index contributed by atoms with van der Waals surface area (Å²) in [4.78, 5) is 35.0. The fourth-order valence-electron chi connectivity index (χ4n) is 3.38. The Morgan fingerprint density at radius 3 is 2.42 bits per heavy atom. The molecule has 0 aliphatic carbocycles. The van der Waals surface area contributed by atoms with Gasteiger partial charge >= 0.3 is 5.97 Å². The van der Waals surface area contributed by atoms with Gasteiger partial charge in [-0.15, -0.1) is 0 Å². The number of carboxylic acids is 1. The number of ether oxygens (including phenoxy) is 1. The second kappa shape index (κ2) is 12.0. The van der Waals surface area contributed by atoms with Crippen molar-refractivity contribution in [2.75, 3.05) is 41.8 Å². The Bertz CT molecular complexity index is 1260. The number of morpholine rings is 1. The molecule has 2 heterocycles. The highest BCUT2D eigenvalue weighted by atomic mass is 79.9.